The van der Waals surface area contributed by atoms with Gasteiger partial charge in [-0.3, -0.25) is 0 Å². The van der Waals surface area contributed by atoms with Crippen molar-refractivity contribution in [3.05, 3.63) is 41.3 Å². The van der Waals surface area contributed by atoms with Crippen LogP contribution in [0.25, 0.3) is 0 Å². The Kier molecular flexibility index (Phi) is 2.65. The molecule has 5 heteroatoms. The van der Waals surface area contributed by atoms with Crippen LogP contribution < -0.4 is 4.90 Å². The molecular formula is C12H11ClN4. The lowest BCUT2D eigenvalue weighted by molar-refractivity contribution is 0.754. The molecule has 0 saturated carbocycles. The first kappa shape index (κ1) is 10.5. The second kappa shape index (κ2) is 4.30. The van der Waals surface area contributed by atoms with Crippen LogP contribution in [-0.2, 0) is 6.42 Å². The van der Waals surface area contributed by atoms with Gasteiger partial charge in [0.25, 0.3) is 0 Å². The SMILES string of the molecule is Clc1nncc(N2CCCc3ccccc32)n1. The average molecular weight is 247 g/mol. The van der Waals surface area contributed by atoms with Gasteiger partial charge in [-0.15, -0.1) is 5.10 Å². The van der Waals surface area contributed by atoms with Crippen molar-refractivity contribution in [2.45, 2.75) is 12.8 Å². The van der Waals surface area contributed by atoms with Crippen molar-refractivity contribution in [3.8, 4) is 0 Å². The zero-order chi connectivity index (χ0) is 11.7. The van der Waals surface area contributed by atoms with Crippen molar-refractivity contribution in [3.63, 3.8) is 0 Å². The van der Waals surface area contributed by atoms with Gasteiger partial charge in [0.05, 0.1) is 6.20 Å². The number of para-hydroxylation sites is 1. The fourth-order valence-corrected chi connectivity index (χ4v) is 2.31. The highest BCUT2D eigenvalue weighted by Crippen LogP contribution is 2.31. The van der Waals surface area contributed by atoms with Gasteiger partial charge < -0.3 is 4.90 Å². The van der Waals surface area contributed by atoms with Gasteiger partial charge in [0.1, 0.15) is 0 Å². The summed E-state index contributed by atoms with van der Waals surface area (Å²) in [5.74, 6) is 0.761. The Balaban J connectivity index is 2.06. The number of rotatable bonds is 1. The van der Waals surface area contributed by atoms with Gasteiger partial charge in [0.2, 0.25) is 5.28 Å². The minimum absolute atomic E-state index is 0.186. The van der Waals surface area contributed by atoms with Crippen molar-refractivity contribution >= 4 is 23.1 Å². The van der Waals surface area contributed by atoms with Crippen LogP contribution in [0.2, 0.25) is 5.28 Å². The lowest BCUT2D eigenvalue weighted by Crippen LogP contribution is -2.25. The molecule has 86 valence electrons. The molecule has 1 aromatic carbocycles. The number of hydrogen-bond acceptors (Lipinski definition) is 4. The predicted molar refractivity (Wildman–Crippen MR) is 66.6 cm³/mol. The smallest absolute Gasteiger partial charge is 0.244 e. The molecule has 3 rings (SSSR count). The Morgan fingerprint density at radius 1 is 1.24 bits per heavy atom. The van der Waals surface area contributed by atoms with Gasteiger partial charge in [-0.1, -0.05) is 18.2 Å². The molecule has 0 aliphatic carbocycles. The third kappa shape index (κ3) is 1.96. The number of benzene rings is 1. The molecule has 0 atom stereocenters. The van der Waals surface area contributed by atoms with Crippen LogP contribution in [0.15, 0.2) is 30.5 Å². The van der Waals surface area contributed by atoms with E-state index in [1.165, 1.54) is 11.3 Å². The van der Waals surface area contributed by atoms with Gasteiger partial charge in [-0.2, -0.15) is 10.1 Å². The van der Waals surface area contributed by atoms with E-state index in [1.807, 2.05) is 6.07 Å². The van der Waals surface area contributed by atoms with E-state index in [0.717, 1.165) is 25.2 Å². The molecule has 1 aromatic heterocycles. The Morgan fingerprint density at radius 3 is 3.00 bits per heavy atom. The Hall–Kier alpha value is -1.68. The van der Waals surface area contributed by atoms with Gasteiger partial charge in [-0.25, -0.2) is 0 Å². The topological polar surface area (TPSA) is 41.9 Å². The molecule has 17 heavy (non-hydrogen) atoms. The fourth-order valence-electron chi connectivity index (χ4n) is 2.18. The van der Waals surface area contributed by atoms with E-state index >= 15 is 0 Å². The highest BCUT2D eigenvalue weighted by molar-refractivity contribution is 6.28. The van der Waals surface area contributed by atoms with E-state index < -0.39 is 0 Å². The highest BCUT2D eigenvalue weighted by atomic mass is 35.5. The second-order valence-electron chi connectivity index (χ2n) is 3.97. The van der Waals surface area contributed by atoms with Crippen molar-refractivity contribution in [2.24, 2.45) is 0 Å². The van der Waals surface area contributed by atoms with Crippen LogP contribution in [0.1, 0.15) is 12.0 Å². The summed E-state index contributed by atoms with van der Waals surface area (Å²) in [5, 5.41) is 7.70. The lowest BCUT2D eigenvalue weighted by Gasteiger charge is -2.29. The Bertz CT molecular complexity index is 544. The van der Waals surface area contributed by atoms with E-state index in [0.29, 0.717) is 0 Å². The number of halogens is 1. The molecule has 0 bridgehead atoms. The van der Waals surface area contributed by atoms with Gasteiger partial charge in [-0.05, 0) is 36.1 Å². The maximum atomic E-state index is 5.78. The third-order valence-electron chi connectivity index (χ3n) is 2.91. The van der Waals surface area contributed by atoms with Crippen LogP contribution in [0, 0.1) is 0 Å². The van der Waals surface area contributed by atoms with E-state index in [4.69, 9.17) is 11.6 Å². The van der Waals surface area contributed by atoms with E-state index in [2.05, 4.69) is 38.3 Å². The van der Waals surface area contributed by atoms with Crippen LogP contribution in [-0.4, -0.2) is 21.7 Å². The average Bonchev–Trinajstić information content (AvgIpc) is 2.38. The first-order valence-electron chi connectivity index (χ1n) is 5.55. The lowest BCUT2D eigenvalue weighted by atomic mass is 10.0. The van der Waals surface area contributed by atoms with Crippen LogP contribution in [0.5, 0.6) is 0 Å². The Morgan fingerprint density at radius 2 is 2.12 bits per heavy atom. The molecule has 2 heterocycles. The summed E-state index contributed by atoms with van der Waals surface area (Å²) in [5.41, 5.74) is 2.53. The van der Waals surface area contributed by atoms with E-state index in [1.54, 1.807) is 6.20 Å². The zero-order valence-corrected chi connectivity index (χ0v) is 9.93. The maximum absolute atomic E-state index is 5.78. The third-order valence-corrected chi connectivity index (χ3v) is 3.07. The standard InChI is InChI=1S/C12H11ClN4/c13-12-15-11(8-14-16-12)17-7-3-5-9-4-1-2-6-10(9)17/h1-2,4,6,8H,3,5,7H2. The number of fused-ring (bicyclic) bond motifs is 1. The van der Waals surface area contributed by atoms with Crippen molar-refractivity contribution in [1.29, 1.82) is 0 Å². The molecule has 0 radical (unpaired) electrons. The number of aryl methyl sites for hydroxylation is 1. The second-order valence-corrected chi connectivity index (χ2v) is 4.31. The Labute approximate surface area is 104 Å². The monoisotopic (exact) mass is 246 g/mol. The van der Waals surface area contributed by atoms with Crippen LogP contribution in [0.4, 0.5) is 11.5 Å². The van der Waals surface area contributed by atoms with Crippen molar-refractivity contribution < 1.29 is 0 Å². The summed E-state index contributed by atoms with van der Waals surface area (Å²) in [6.07, 6.45) is 3.87. The molecule has 0 saturated heterocycles. The fraction of sp³-hybridized carbons (Fsp3) is 0.250. The summed E-state index contributed by atoms with van der Waals surface area (Å²) in [6, 6.07) is 8.35. The molecular weight excluding hydrogens is 236 g/mol. The van der Waals surface area contributed by atoms with Crippen molar-refractivity contribution in [2.75, 3.05) is 11.4 Å². The first-order valence-corrected chi connectivity index (χ1v) is 5.93. The normalized spacial score (nSPS) is 14.5. The van der Waals surface area contributed by atoms with Crippen molar-refractivity contribution in [1.82, 2.24) is 15.2 Å². The van der Waals surface area contributed by atoms with Gasteiger partial charge >= 0.3 is 0 Å². The summed E-state index contributed by atoms with van der Waals surface area (Å²) >= 11 is 5.78. The highest BCUT2D eigenvalue weighted by Gasteiger charge is 2.19. The summed E-state index contributed by atoms with van der Waals surface area (Å²) in [7, 11) is 0. The van der Waals surface area contributed by atoms with E-state index in [9.17, 15) is 0 Å². The molecule has 0 N–H and O–H groups in total. The minimum Gasteiger partial charge on any atom is -0.325 e. The van der Waals surface area contributed by atoms with E-state index in [-0.39, 0.29) is 5.28 Å². The van der Waals surface area contributed by atoms with Gasteiger partial charge in [0.15, 0.2) is 5.82 Å². The zero-order valence-electron chi connectivity index (χ0n) is 9.17. The molecule has 0 amide bonds. The summed E-state index contributed by atoms with van der Waals surface area (Å²) < 4.78 is 0. The van der Waals surface area contributed by atoms with Crippen LogP contribution >= 0.6 is 11.6 Å². The quantitative estimate of drug-likeness (QED) is 0.776. The molecule has 0 spiro atoms. The van der Waals surface area contributed by atoms with Gasteiger partial charge in [0, 0.05) is 12.2 Å². The first-order chi connectivity index (χ1) is 8.34. The summed E-state index contributed by atoms with van der Waals surface area (Å²) in [4.78, 5) is 6.35. The largest absolute Gasteiger partial charge is 0.325 e. The minimum atomic E-state index is 0.186. The number of hydrogen-bond donors (Lipinski definition) is 0. The number of anilines is 2. The molecule has 0 fully saturated rings. The molecule has 1 aliphatic rings. The molecule has 4 nitrogen and oxygen atoms in total. The number of aromatic nitrogens is 3. The predicted octanol–water partition coefficient (Wildman–Crippen LogP) is 2.61. The van der Waals surface area contributed by atoms with Crippen LogP contribution in [0.3, 0.4) is 0 Å². The molecule has 2 aromatic rings. The maximum Gasteiger partial charge on any atom is 0.244 e. The summed E-state index contributed by atoms with van der Waals surface area (Å²) in [6.45, 7) is 0.937. The molecule has 1 aliphatic heterocycles. The molecule has 0 unspecified atom stereocenters. The number of nitrogens with zero attached hydrogens (tertiary/aromatic N) is 4.